The van der Waals surface area contributed by atoms with E-state index in [1.165, 1.54) is 4.90 Å². The lowest BCUT2D eigenvalue weighted by Gasteiger charge is -2.26. The van der Waals surface area contributed by atoms with E-state index < -0.39 is 23.5 Å². The van der Waals surface area contributed by atoms with Crippen LogP contribution >= 0.6 is 15.9 Å². The third kappa shape index (κ3) is 3.86. The molecular weight excluding hydrogens is 500 g/mol. The number of halogens is 1. The maximum Gasteiger partial charge on any atom is 0.290 e. The third-order valence-corrected chi connectivity index (χ3v) is 6.23. The number of furan rings is 1. The summed E-state index contributed by atoms with van der Waals surface area (Å²) in [5.41, 5.74) is 1.77. The predicted molar refractivity (Wildman–Crippen MR) is 128 cm³/mol. The Balaban J connectivity index is 1.59. The molecule has 5 rings (SSSR count). The lowest BCUT2D eigenvalue weighted by Crippen LogP contribution is -2.31. The van der Waals surface area contributed by atoms with Crippen molar-refractivity contribution in [2.45, 2.75) is 12.6 Å². The zero-order valence-electron chi connectivity index (χ0n) is 18.1. The van der Waals surface area contributed by atoms with Crippen LogP contribution in [0.5, 0.6) is 5.75 Å². The molecule has 1 aliphatic heterocycles. The summed E-state index contributed by atoms with van der Waals surface area (Å²) in [4.78, 5) is 32.5. The Morgan fingerprint density at radius 3 is 2.65 bits per heavy atom. The molecule has 1 unspecified atom stereocenters. The second-order valence-corrected chi connectivity index (χ2v) is 8.73. The molecule has 1 aliphatic rings. The third-order valence-electron chi connectivity index (χ3n) is 5.74. The van der Waals surface area contributed by atoms with Gasteiger partial charge < -0.3 is 19.2 Å². The SMILES string of the molecule is COc1ccc(C2C(C(=O)c3cc4cc(Br)ccc4o3)=C(O)C(=O)N2Cc2ccccn2)cc1. The molecule has 2 aromatic heterocycles. The predicted octanol–water partition coefficient (Wildman–Crippen LogP) is 5.38. The molecule has 7 nitrogen and oxygen atoms in total. The number of pyridine rings is 1. The van der Waals surface area contributed by atoms with E-state index in [1.807, 2.05) is 18.2 Å². The van der Waals surface area contributed by atoms with Crippen LogP contribution < -0.4 is 4.74 Å². The van der Waals surface area contributed by atoms with Crippen molar-refractivity contribution >= 4 is 38.6 Å². The zero-order chi connectivity index (χ0) is 23.8. The lowest BCUT2D eigenvalue weighted by atomic mass is 9.95. The second-order valence-electron chi connectivity index (χ2n) is 7.81. The fourth-order valence-corrected chi connectivity index (χ4v) is 4.49. The van der Waals surface area contributed by atoms with Crippen LogP contribution in [0.2, 0.25) is 0 Å². The van der Waals surface area contributed by atoms with Crippen LogP contribution in [-0.2, 0) is 11.3 Å². The number of ketones is 1. The fourth-order valence-electron chi connectivity index (χ4n) is 4.11. The summed E-state index contributed by atoms with van der Waals surface area (Å²) in [5, 5.41) is 11.6. The van der Waals surface area contributed by atoms with Gasteiger partial charge in [-0.05, 0) is 54.1 Å². The molecule has 0 saturated heterocycles. The first-order valence-electron chi connectivity index (χ1n) is 10.5. The van der Waals surface area contributed by atoms with Crippen molar-refractivity contribution in [3.8, 4) is 5.75 Å². The number of aliphatic hydroxyl groups excluding tert-OH is 1. The molecule has 0 fully saturated rings. The summed E-state index contributed by atoms with van der Waals surface area (Å²) < 4.78 is 11.9. The van der Waals surface area contributed by atoms with Gasteiger partial charge in [-0.2, -0.15) is 0 Å². The molecule has 2 aromatic carbocycles. The van der Waals surface area contributed by atoms with E-state index in [9.17, 15) is 14.7 Å². The van der Waals surface area contributed by atoms with Gasteiger partial charge in [0.05, 0.1) is 31.0 Å². The van der Waals surface area contributed by atoms with Crippen LogP contribution in [0.3, 0.4) is 0 Å². The number of nitrogens with zero attached hydrogens (tertiary/aromatic N) is 2. The van der Waals surface area contributed by atoms with Gasteiger partial charge in [0.2, 0.25) is 5.78 Å². The lowest BCUT2D eigenvalue weighted by molar-refractivity contribution is -0.130. The largest absolute Gasteiger partial charge is 0.503 e. The minimum absolute atomic E-state index is 0.0378. The van der Waals surface area contributed by atoms with Crippen molar-refractivity contribution in [3.05, 3.63) is 106 Å². The Labute approximate surface area is 203 Å². The van der Waals surface area contributed by atoms with Gasteiger partial charge in [-0.15, -0.1) is 0 Å². The van der Waals surface area contributed by atoms with Gasteiger partial charge >= 0.3 is 0 Å². The van der Waals surface area contributed by atoms with Crippen LogP contribution in [0.25, 0.3) is 11.0 Å². The number of rotatable bonds is 6. The average Bonchev–Trinajstić information content (AvgIpc) is 3.38. The number of fused-ring (bicyclic) bond motifs is 1. The number of methoxy groups -OCH3 is 1. The first-order chi connectivity index (χ1) is 16.5. The Morgan fingerprint density at radius 2 is 1.94 bits per heavy atom. The molecule has 3 heterocycles. The summed E-state index contributed by atoms with van der Waals surface area (Å²) in [7, 11) is 1.56. The number of amides is 1. The normalized spacial score (nSPS) is 15.9. The monoisotopic (exact) mass is 518 g/mol. The van der Waals surface area contributed by atoms with Gasteiger partial charge in [-0.1, -0.05) is 34.1 Å². The topological polar surface area (TPSA) is 92.9 Å². The van der Waals surface area contributed by atoms with Gasteiger partial charge in [0, 0.05) is 16.1 Å². The summed E-state index contributed by atoms with van der Waals surface area (Å²) in [5.74, 6) is -1.12. The van der Waals surface area contributed by atoms with E-state index in [4.69, 9.17) is 9.15 Å². The fraction of sp³-hybridized carbons (Fsp3) is 0.115. The molecular formula is C26H19BrN2O5. The molecule has 8 heteroatoms. The average molecular weight is 519 g/mol. The smallest absolute Gasteiger partial charge is 0.290 e. The summed E-state index contributed by atoms with van der Waals surface area (Å²) in [6.07, 6.45) is 1.63. The number of aliphatic hydroxyl groups is 1. The Morgan fingerprint density at radius 1 is 1.15 bits per heavy atom. The summed E-state index contributed by atoms with van der Waals surface area (Å²) >= 11 is 3.41. The quantitative estimate of drug-likeness (QED) is 0.344. The first kappa shape index (κ1) is 21.9. The number of hydrogen-bond acceptors (Lipinski definition) is 6. The Bertz CT molecular complexity index is 1430. The van der Waals surface area contributed by atoms with Crippen LogP contribution in [-0.4, -0.2) is 33.8 Å². The van der Waals surface area contributed by atoms with Crippen LogP contribution in [0.15, 0.2) is 93.1 Å². The Hall–Kier alpha value is -3.91. The van der Waals surface area contributed by atoms with E-state index in [0.717, 1.165) is 9.86 Å². The van der Waals surface area contributed by atoms with Crippen molar-refractivity contribution in [1.82, 2.24) is 9.88 Å². The number of aromatic nitrogens is 1. The van der Waals surface area contributed by atoms with Gasteiger partial charge in [0.25, 0.3) is 5.91 Å². The standard InChI is InChI=1S/C26H19BrN2O5/c1-33-19-8-5-15(6-9-19)23-22(24(30)21-13-16-12-17(27)7-10-20(16)34-21)25(31)26(32)29(23)14-18-4-2-3-11-28-18/h2-13,23,31H,14H2,1H3. The van der Waals surface area contributed by atoms with E-state index in [1.54, 1.807) is 61.8 Å². The molecule has 1 N–H and O–H groups in total. The number of carbonyl (C=O) groups excluding carboxylic acids is 2. The van der Waals surface area contributed by atoms with Gasteiger partial charge in [-0.25, -0.2) is 0 Å². The second kappa shape index (κ2) is 8.79. The zero-order valence-corrected chi connectivity index (χ0v) is 19.7. The molecule has 1 amide bonds. The van der Waals surface area contributed by atoms with E-state index >= 15 is 0 Å². The van der Waals surface area contributed by atoms with E-state index in [-0.39, 0.29) is 17.9 Å². The molecule has 0 saturated carbocycles. The molecule has 0 radical (unpaired) electrons. The maximum atomic E-state index is 13.6. The summed E-state index contributed by atoms with van der Waals surface area (Å²) in [6, 6.07) is 18.6. The van der Waals surface area contributed by atoms with Gasteiger partial charge in [-0.3, -0.25) is 14.6 Å². The highest BCUT2D eigenvalue weighted by Crippen LogP contribution is 2.41. The van der Waals surface area contributed by atoms with Crippen LogP contribution in [0.1, 0.15) is 27.9 Å². The minimum atomic E-state index is -0.826. The van der Waals surface area contributed by atoms with Gasteiger partial charge in [0.1, 0.15) is 11.3 Å². The van der Waals surface area contributed by atoms with Crippen molar-refractivity contribution in [2.24, 2.45) is 0 Å². The minimum Gasteiger partial charge on any atom is -0.503 e. The molecule has 0 spiro atoms. The molecule has 170 valence electrons. The van der Waals surface area contributed by atoms with E-state index in [2.05, 4.69) is 20.9 Å². The molecule has 1 atom stereocenters. The molecule has 0 bridgehead atoms. The van der Waals surface area contributed by atoms with Crippen molar-refractivity contribution in [3.63, 3.8) is 0 Å². The number of hydrogen-bond donors (Lipinski definition) is 1. The number of carbonyl (C=O) groups is 2. The molecule has 0 aliphatic carbocycles. The highest BCUT2D eigenvalue weighted by Gasteiger charge is 2.44. The maximum absolute atomic E-state index is 13.6. The first-order valence-corrected chi connectivity index (χ1v) is 11.3. The summed E-state index contributed by atoms with van der Waals surface area (Å²) in [6.45, 7) is 0.115. The van der Waals surface area contributed by atoms with Crippen molar-refractivity contribution in [1.29, 1.82) is 0 Å². The highest BCUT2D eigenvalue weighted by atomic mass is 79.9. The van der Waals surface area contributed by atoms with E-state index in [0.29, 0.717) is 22.6 Å². The van der Waals surface area contributed by atoms with Crippen LogP contribution in [0.4, 0.5) is 0 Å². The molecule has 34 heavy (non-hydrogen) atoms. The van der Waals surface area contributed by atoms with Crippen LogP contribution in [0, 0.1) is 0 Å². The number of Topliss-reactive ketones (excluding diaryl/α,β-unsaturated/α-hetero) is 1. The van der Waals surface area contributed by atoms with Gasteiger partial charge in [0.15, 0.2) is 11.5 Å². The number of benzene rings is 2. The van der Waals surface area contributed by atoms with Crippen molar-refractivity contribution < 1.29 is 23.8 Å². The highest BCUT2D eigenvalue weighted by molar-refractivity contribution is 9.10. The molecule has 4 aromatic rings. The van der Waals surface area contributed by atoms with Crippen molar-refractivity contribution in [2.75, 3.05) is 7.11 Å². The Kier molecular flexibility index (Phi) is 5.67. The number of ether oxygens (including phenoxy) is 1.